The Morgan fingerprint density at radius 1 is 0.562 bits per heavy atom. The first kappa shape index (κ1) is 22.9. The largest absolute Gasteiger partial charge is 0.193 e. The van der Waals surface area contributed by atoms with Gasteiger partial charge in [0.1, 0.15) is 0 Å². The zero-order chi connectivity index (χ0) is 22.8. The van der Waals surface area contributed by atoms with Crippen molar-refractivity contribution in [2.45, 2.75) is 0 Å². The summed E-state index contributed by atoms with van der Waals surface area (Å²) < 4.78 is 0. The van der Waals surface area contributed by atoms with Crippen molar-refractivity contribution < 1.29 is 0 Å². The van der Waals surface area contributed by atoms with Crippen molar-refractivity contribution in [2.75, 3.05) is 0 Å². The first-order chi connectivity index (χ1) is 15.6. The number of hydrogen-bond acceptors (Lipinski definition) is 2. The van der Waals surface area contributed by atoms with E-state index in [1.165, 1.54) is 12.2 Å². The molecule has 0 aromatic heterocycles. The monoisotopic (exact) mass is 452 g/mol. The summed E-state index contributed by atoms with van der Waals surface area (Å²) in [6, 6.07) is 27.1. The van der Waals surface area contributed by atoms with E-state index in [0.717, 1.165) is 33.4 Å². The molecule has 0 aliphatic heterocycles. The number of benzene rings is 3. The first-order valence-corrected chi connectivity index (χ1v) is 10.5. The summed E-state index contributed by atoms with van der Waals surface area (Å²) in [4.78, 5) is 0. The van der Waals surface area contributed by atoms with Crippen LogP contribution in [0, 0.1) is 22.7 Å². The zero-order valence-corrected chi connectivity index (χ0v) is 18.6. The van der Waals surface area contributed by atoms with Crippen LogP contribution < -0.4 is 0 Å². The van der Waals surface area contributed by atoms with Gasteiger partial charge in [0.05, 0.1) is 12.1 Å². The summed E-state index contributed by atoms with van der Waals surface area (Å²) in [5.41, 5.74) is 5.69. The Labute approximate surface area is 198 Å². The van der Waals surface area contributed by atoms with Crippen molar-refractivity contribution >= 4 is 46.5 Å². The van der Waals surface area contributed by atoms with Crippen molar-refractivity contribution in [1.29, 1.82) is 10.5 Å². The van der Waals surface area contributed by atoms with Crippen LogP contribution in [0.15, 0.2) is 97.1 Å². The van der Waals surface area contributed by atoms with E-state index in [9.17, 15) is 0 Å². The molecule has 0 aliphatic rings. The summed E-state index contributed by atoms with van der Waals surface area (Å²) in [6.07, 6.45) is 10.5. The van der Waals surface area contributed by atoms with Crippen LogP contribution in [0.2, 0.25) is 10.0 Å². The molecule has 0 bridgehead atoms. The maximum Gasteiger partial charge on any atom is 0.0912 e. The number of allylic oxidation sites excluding steroid dienone is 6. The molecule has 3 aromatic carbocycles. The van der Waals surface area contributed by atoms with Crippen molar-refractivity contribution in [3.8, 4) is 12.1 Å². The Balaban J connectivity index is 1.98. The third-order valence-corrected chi connectivity index (χ3v) is 5.11. The van der Waals surface area contributed by atoms with E-state index >= 15 is 0 Å². The van der Waals surface area contributed by atoms with Crippen molar-refractivity contribution in [3.63, 3.8) is 0 Å². The lowest BCUT2D eigenvalue weighted by Gasteiger charge is -2.08. The van der Waals surface area contributed by atoms with Crippen LogP contribution in [0.25, 0.3) is 23.3 Å². The molecule has 4 heteroatoms. The van der Waals surface area contributed by atoms with Crippen LogP contribution in [-0.2, 0) is 0 Å². The van der Waals surface area contributed by atoms with E-state index in [1.807, 2.05) is 97.1 Å². The highest BCUT2D eigenvalue weighted by molar-refractivity contribution is 6.30. The standard InChI is InChI=1S/C28H18Cl2N2/c29-27-13-5-21(6-14-27)19-25(3-1-17-31)23-9-11-24(12-10-23)26(4-2-18-32)20-22-7-15-28(30)16-8-22/h1-16,19-20H. The first-order valence-electron chi connectivity index (χ1n) is 9.77. The van der Waals surface area contributed by atoms with Crippen molar-refractivity contribution in [1.82, 2.24) is 0 Å². The molecule has 0 amide bonds. The Morgan fingerprint density at radius 2 is 0.906 bits per heavy atom. The average Bonchev–Trinajstić information content (AvgIpc) is 2.82. The minimum Gasteiger partial charge on any atom is -0.193 e. The van der Waals surface area contributed by atoms with Gasteiger partial charge in [-0.2, -0.15) is 10.5 Å². The van der Waals surface area contributed by atoms with Gasteiger partial charge in [0, 0.05) is 22.2 Å². The molecule has 0 unspecified atom stereocenters. The van der Waals surface area contributed by atoms with Gasteiger partial charge in [-0.05, 0) is 82.0 Å². The summed E-state index contributed by atoms with van der Waals surface area (Å²) >= 11 is 12.0. The fourth-order valence-corrected chi connectivity index (χ4v) is 3.29. The van der Waals surface area contributed by atoms with Gasteiger partial charge >= 0.3 is 0 Å². The molecular formula is C28H18Cl2N2. The average molecular weight is 453 g/mol. The molecular weight excluding hydrogens is 435 g/mol. The number of nitriles is 2. The second kappa shape index (κ2) is 11.5. The highest BCUT2D eigenvalue weighted by atomic mass is 35.5. The number of nitrogens with zero attached hydrogens (tertiary/aromatic N) is 2. The van der Waals surface area contributed by atoms with E-state index in [1.54, 1.807) is 12.2 Å². The Bertz CT molecular complexity index is 1160. The van der Waals surface area contributed by atoms with Crippen LogP contribution in [0.1, 0.15) is 22.3 Å². The Hall–Kier alpha value is -3.82. The second-order valence-electron chi connectivity index (χ2n) is 6.80. The summed E-state index contributed by atoms with van der Waals surface area (Å²) in [6.45, 7) is 0. The molecule has 0 aliphatic carbocycles. The fourth-order valence-electron chi connectivity index (χ4n) is 3.04. The van der Waals surface area contributed by atoms with Gasteiger partial charge in [-0.3, -0.25) is 0 Å². The normalized spacial score (nSPS) is 12.1. The topological polar surface area (TPSA) is 47.6 Å². The number of rotatable bonds is 6. The van der Waals surface area contributed by atoms with Gasteiger partial charge in [0.15, 0.2) is 0 Å². The zero-order valence-electron chi connectivity index (χ0n) is 17.0. The fraction of sp³-hybridized carbons (Fsp3) is 0. The molecule has 2 nitrogen and oxygen atoms in total. The van der Waals surface area contributed by atoms with Gasteiger partial charge in [0.2, 0.25) is 0 Å². The molecule has 0 N–H and O–H groups in total. The van der Waals surface area contributed by atoms with Gasteiger partial charge in [0.25, 0.3) is 0 Å². The molecule has 0 heterocycles. The highest BCUT2D eigenvalue weighted by Gasteiger charge is 2.03. The van der Waals surface area contributed by atoms with Gasteiger partial charge < -0.3 is 0 Å². The van der Waals surface area contributed by atoms with E-state index in [2.05, 4.69) is 0 Å². The lowest BCUT2D eigenvalue weighted by molar-refractivity contribution is 1.53. The van der Waals surface area contributed by atoms with Crippen LogP contribution >= 0.6 is 23.2 Å². The molecule has 0 saturated heterocycles. The third kappa shape index (κ3) is 6.59. The predicted octanol–water partition coefficient (Wildman–Crippen LogP) is 8.23. The maximum absolute atomic E-state index is 8.99. The van der Waals surface area contributed by atoms with Gasteiger partial charge in [-0.1, -0.05) is 71.7 Å². The minimum absolute atomic E-state index is 0.672. The molecule has 154 valence electrons. The van der Waals surface area contributed by atoms with Crippen LogP contribution in [0.5, 0.6) is 0 Å². The van der Waals surface area contributed by atoms with Gasteiger partial charge in [-0.25, -0.2) is 0 Å². The SMILES string of the molecule is N#CC=CC(=Cc1ccc(Cl)cc1)c1ccc(C(C=CC#N)=Cc2ccc(Cl)cc2)cc1. The Morgan fingerprint density at radius 3 is 1.22 bits per heavy atom. The molecule has 32 heavy (non-hydrogen) atoms. The molecule has 0 saturated carbocycles. The van der Waals surface area contributed by atoms with Crippen LogP contribution in [0.3, 0.4) is 0 Å². The van der Waals surface area contributed by atoms with Gasteiger partial charge in [-0.15, -0.1) is 0 Å². The lowest BCUT2D eigenvalue weighted by atomic mass is 9.97. The molecule has 0 spiro atoms. The van der Waals surface area contributed by atoms with Crippen LogP contribution in [0.4, 0.5) is 0 Å². The summed E-state index contributed by atoms with van der Waals surface area (Å²) in [7, 11) is 0. The quantitative estimate of drug-likeness (QED) is 0.214. The summed E-state index contributed by atoms with van der Waals surface area (Å²) in [5, 5.41) is 19.3. The maximum atomic E-state index is 8.99. The van der Waals surface area contributed by atoms with E-state index in [4.69, 9.17) is 33.7 Å². The van der Waals surface area contributed by atoms with Crippen LogP contribution in [-0.4, -0.2) is 0 Å². The minimum atomic E-state index is 0.672. The van der Waals surface area contributed by atoms with E-state index < -0.39 is 0 Å². The predicted molar refractivity (Wildman–Crippen MR) is 135 cm³/mol. The second-order valence-corrected chi connectivity index (χ2v) is 7.68. The third-order valence-electron chi connectivity index (χ3n) is 4.61. The smallest absolute Gasteiger partial charge is 0.0912 e. The molecule has 0 radical (unpaired) electrons. The summed E-state index contributed by atoms with van der Waals surface area (Å²) in [5.74, 6) is 0. The number of hydrogen-bond donors (Lipinski definition) is 0. The Kier molecular flexibility index (Phi) is 8.24. The van der Waals surface area contributed by atoms with E-state index in [-0.39, 0.29) is 0 Å². The highest BCUT2D eigenvalue weighted by Crippen LogP contribution is 2.25. The molecule has 3 rings (SSSR count). The molecule has 0 fully saturated rings. The lowest BCUT2D eigenvalue weighted by Crippen LogP contribution is -1.86. The number of halogens is 2. The van der Waals surface area contributed by atoms with Crippen molar-refractivity contribution in [2.24, 2.45) is 0 Å². The van der Waals surface area contributed by atoms with E-state index in [0.29, 0.717) is 10.0 Å². The molecule has 0 atom stereocenters. The van der Waals surface area contributed by atoms with Crippen molar-refractivity contribution in [3.05, 3.63) is 129 Å². The molecule has 3 aromatic rings.